The van der Waals surface area contributed by atoms with Gasteiger partial charge in [-0.05, 0) is 24.1 Å². The van der Waals surface area contributed by atoms with E-state index in [1.165, 1.54) is 0 Å². The van der Waals surface area contributed by atoms with Gasteiger partial charge < -0.3 is 9.80 Å². The summed E-state index contributed by atoms with van der Waals surface area (Å²) >= 11 is 0. The Hall–Kier alpha value is -3.72. The van der Waals surface area contributed by atoms with Crippen LogP contribution in [0.15, 0.2) is 60.4 Å². The molecule has 0 bridgehead atoms. The van der Waals surface area contributed by atoms with Crippen molar-refractivity contribution in [3.63, 3.8) is 0 Å². The van der Waals surface area contributed by atoms with Crippen molar-refractivity contribution < 1.29 is 0 Å². The van der Waals surface area contributed by atoms with Crippen LogP contribution < -0.4 is 4.90 Å². The minimum absolute atomic E-state index is 0.413. The molecule has 0 fully saturated rings. The first-order valence-corrected chi connectivity index (χ1v) is 10.1. The molecule has 1 heterocycles. The maximum absolute atomic E-state index is 9.01. The van der Waals surface area contributed by atoms with Crippen LogP contribution in [0.3, 0.4) is 0 Å². The Morgan fingerprint density at radius 1 is 1.26 bits per heavy atom. The fourth-order valence-corrected chi connectivity index (χ4v) is 3.13. The first kappa shape index (κ1) is 23.6. The minimum atomic E-state index is 0.413. The third-order valence-corrected chi connectivity index (χ3v) is 4.65. The minimum Gasteiger partial charge on any atom is -0.383 e. The Kier molecular flexibility index (Phi) is 8.71. The van der Waals surface area contributed by atoms with E-state index in [0.29, 0.717) is 18.8 Å². The van der Waals surface area contributed by atoms with Gasteiger partial charge in [0.15, 0.2) is 5.82 Å². The monoisotopic (exact) mass is 414 g/mol. The fourth-order valence-electron chi connectivity index (χ4n) is 3.13. The van der Waals surface area contributed by atoms with E-state index >= 15 is 0 Å². The summed E-state index contributed by atoms with van der Waals surface area (Å²) in [5, 5.41) is 9.01. The van der Waals surface area contributed by atoms with Gasteiger partial charge in [-0.3, -0.25) is 4.99 Å². The molecule has 31 heavy (non-hydrogen) atoms. The van der Waals surface area contributed by atoms with Crippen LogP contribution in [0.2, 0.25) is 0 Å². The van der Waals surface area contributed by atoms with E-state index in [9.17, 15) is 0 Å². The van der Waals surface area contributed by atoms with E-state index in [-0.39, 0.29) is 0 Å². The number of aromatic nitrogens is 2. The zero-order valence-electron chi connectivity index (χ0n) is 19.0. The summed E-state index contributed by atoms with van der Waals surface area (Å²) in [5.41, 5.74) is 4.79. The lowest BCUT2D eigenvalue weighted by molar-refractivity contribution is 0.566. The molecular formula is C25H30N6. The van der Waals surface area contributed by atoms with Crippen LogP contribution in [0.25, 0.3) is 22.5 Å². The van der Waals surface area contributed by atoms with Crippen LogP contribution in [0, 0.1) is 11.3 Å². The third-order valence-electron chi connectivity index (χ3n) is 4.65. The van der Waals surface area contributed by atoms with Crippen molar-refractivity contribution in [2.45, 2.75) is 13.3 Å². The van der Waals surface area contributed by atoms with Gasteiger partial charge in [0.2, 0.25) is 0 Å². The lowest BCUT2D eigenvalue weighted by Gasteiger charge is -2.21. The number of anilines is 1. The zero-order chi connectivity index (χ0) is 22.8. The van der Waals surface area contributed by atoms with Crippen molar-refractivity contribution >= 4 is 23.2 Å². The van der Waals surface area contributed by atoms with Gasteiger partial charge in [0.1, 0.15) is 5.82 Å². The molecular weight excluding hydrogens is 384 g/mol. The van der Waals surface area contributed by atoms with Crippen molar-refractivity contribution in [2.24, 2.45) is 4.99 Å². The second-order valence-corrected chi connectivity index (χ2v) is 7.22. The Bertz CT molecular complexity index is 1040. The molecule has 0 spiro atoms. The molecule has 1 aromatic heterocycles. The highest BCUT2D eigenvalue weighted by Crippen LogP contribution is 2.28. The Morgan fingerprint density at radius 3 is 2.65 bits per heavy atom. The zero-order valence-corrected chi connectivity index (χ0v) is 19.0. The van der Waals surface area contributed by atoms with Crippen LogP contribution in [-0.4, -0.2) is 55.8 Å². The van der Waals surface area contributed by atoms with Gasteiger partial charge in [-0.15, -0.1) is 0 Å². The molecule has 0 saturated carbocycles. The van der Waals surface area contributed by atoms with Crippen LogP contribution >= 0.6 is 0 Å². The van der Waals surface area contributed by atoms with Crippen LogP contribution in [0.1, 0.15) is 24.5 Å². The van der Waals surface area contributed by atoms with E-state index in [1.807, 2.05) is 80.6 Å². The van der Waals surface area contributed by atoms with Crippen LogP contribution in [-0.2, 0) is 0 Å². The average molecular weight is 415 g/mol. The molecule has 6 heteroatoms. The number of aliphatic imine (C=N–C) groups is 1. The molecule has 160 valence electrons. The molecule has 0 amide bonds. The normalized spacial score (nSPS) is 12.0. The van der Waals surface area contributed by atoms with Crippen molar-refractivity contribution in [2.75, 3.05) is 39.6 Å². The molecule has 0 radical (unpaired) electrons. The van der Waals surface area contributed by atoms with Gasteiger partial charge >= 0.3 is 0 Å². The van der Waals surface area contributed by atoms with Crippen molar-refractivity contribution in [3.05, 3.63) is 66.5 Å². The molecule has 1 aromatic carbocycles. The number of hydrogen-bond acceptors (Lipinski definition) is 6. The number of allylic oxidation sites excluding steroid dienone is 4. The number of rotatable bonds is 9. The van der Waals surface area contributed by atoms with Gasteiger partial charge in [-0.1, -0.05) is 36.9 Å². The van der Waals surface area contributed by atoms with Crippen molar-refractivity contribution in [3.8, 4) is 17.5 Å². The second kappa shape index (κ2) is 11.5. The highest BCUT2D eigenvalue weighted by atomic mass is 15.2. The molecule has 0 aliphatic carbocycles. The summed E-state index contributed by atoms with van der Waals surface area (Å²) in [4.78, 5) is 17.7. The molecule has 0 aliphatic heterocycles. The number of nitrogens with zero attached hydrogens (tertiary/aromatic N) is 6. The quantitative estimate of drug-likeness (QED) is 0.440. The van der Waals surface area contributed by atoms with E-state index in [2.05, 4.69) is 28.7 Å². The number of nitriles is 1. The summed E-state index contributed by atoms with van der Waals surface area (Å²) in [6.07, 6.45) is 9.88. The first-order valence-electron chi connectivity index (χ1n) is 10.1. The number of hydrogen-bond donors (Lipinski definition) is 0. The van der Waals surface area contributed by atoms with Gasteiger partial charge in [-0.25, -0.2) is 9.97 Å². The van der Waals surface area contributed by atoms with Gasteiger partial charge in [0.25, 0.3) is 0 Å². The van der Waals surface area contributed by atoms with Crippen LogP contribution in [0.5, 0.6) is 0 Å². The Labute approximate surface area is 185 Å². The molecule has 6 nitrogen and oxygen atoms in total. The lowest BCUT2D eigenvalue weighted by atomic mass is 10.0. The largest absolute Gasteiger partial charge is 0.383 e. The van der Waals surface area contributed by atoms with E-state index < -0.39 is 0 Å². The third kappa shape index (κ3) is 6.13. The maximum Gasteiger partial charge on any atom is 0.161 e. The summed E-state index contributed by atoms with van der Waals surface area (Å²) in [5.74, 6) is 1.40. The molecule has 0 N–H and O–H groups in total. The molecule has 0 aliphatic rings. The SMILES string of the molecule is C=C/C(=C\N(C)C)c1cccc(-c2ncc(C(/C=N\C)=C/C)c(N(C)CCC#N)n2)c1. The summed E-state index contributed by atoms with van der Waals surface area (Å²) in [6, 6.07) is 10.3. The summed E-state index contributed by atoms with van der Waals surface area (Å²) in [6.45, 7) is 6.47. The standard InChI is InChI=1S/C25H30N6/c1-7-19(16-27-3)23-17-28-24(29-25(23)31(6)14-10-13-26)22-12-9-11-21(15-22)20(8-2)18-30(4)5/h7-9,11-12,15-18H,2,10,14H2,1,3-6H3/b19-7+,20-18+,27-16-. The number of benzene rings is 1. The van der Waals surface area contributed by atoms with Crippen molar-refractivity contribution in [1.29, 1.82) is 5.26 Å². The molecule has 0 atom stereocenters. The Balaban J connectivity index is 2.59. The maximum atomic E-state index is 9.01. The highest BCUT2D eigenvalue weighted by molar-refractivity contribution is 6.11. The molecule has 0 unspecified atom stereocenters. The van der Waals surface area contributed by atoms with Gasteiger partial charge in [-0.2, -0.15) is 5.26 Å². The van der Waals surface area contributed by atoms with E-state index in [4.69, 9.17) is 10.2 Å². The van der Waals surface area contributed by atoms with E-state index in [1.54, 1.807) is 13.3 Å². The topological polar surface area (TPSA) is 68.4 Å². The predicted octanol–water partition coefficient (Wildman–Crippen LogP) is 4.69. The van der Waals surface area contributed by atoms with Gasteiger partial charge in [0, 0.05) is 70.0 Å². The highest BCUT2D eigenvalue weighted by Gasteiger charge is 2.15. The smallest absolute Gasteiger partial charge is 0.161 e. The molecule has 0 saturated heterocycles. The van der Waals surface area contributed by atoms with Gasteiger partial charge in [0.05, 0.1) is 12.5 Å². The molecule has 2 rings (SSSR count). The first-order chi connectivity index (χ1) is 14.9. The lowest BCUT2D eigenvalue weighted by Crippen LogP contribution is -2.21. The predicted molar refractivity (Wildman–Crippen MR) is 131 cm³/mol. The fraction of sp³-hybridized carbons (Fsp3) is 0.280. The second-order valence-electron chi connectivity index (χ2n) is 7.22. The summed E-state index contributed by atoms with van der Waals surface area (Å²) in [7, 11) is 7.64. The van der Waals surface area contributed by atoms with Crippen molar-refractivity contribution in [1.82, 2.24) is 14.9 Å². The molecule has 2 aromatic rings. The Morgan fingerprint density at radius 2 is 2.03 bits per heavy atom. The average Bonchev–Trinajstić information content (AvgIpc) is 2.79. The van der Waals surface area contributed by atoms with E-state index in [0.717, 1.165) is 33.7 Å². The van der Waals surface area contributed by atoms with Crippen LogP contribution in [0.4, 0.5) is 5.82 Å². The summed E-state index contributed by atoms with van der Waals surface area (Å²) < 4.78 is 0.